The first-order valence-electron chi connectivity index (χ1n) is 6.21. The molecule has 2 nitrogen and oxygen atoms in total. The fourth-order valence-electron chi connectivity index (χ4n) is 1.79. The van der Waals surface area contributed by atoms with Gasteiger partial charge in [-0.3, -0.25) is 0 Å². The largest absolute Gasteiger partial charge is 0.455 e. The minimum absolute atomic E-state index is 0.298. The van der Waals surface area contributed by atoms with E-state index in [1.54, 1.807) is 30.0 Å². The van der Waals surface area contributed by atoms with Crippen LogP contribution >= 0.6 is 47.2 Å². The van der Waals surface area contributed by atoms with E-state index < -0.39 is 0 Å². The molecule has 0 radical (unpaired) electrons. The first-order chi connectivity index (χ1) is 10.0. The van der Waals surface area contributed by atoms with Crippen molar-refractivity contribution < 1.29 is 4.74 Å². The molecular weight excluding hydrogens is 345 g/mol. The Morgan fingerprint density at radius 1 is 1.24 bits per heavy atom. The third kappa shape index (κ3) is 4.04. The van der Waals surface area contributed by atoms with Crippen molar-refractivity contribution in [1.29, 1.82) is 0 Å². The van der Waals surface area contributed by atoms with E-state index in [-0.39, 0.29) is 0 Å². The molecule has 0 aliphatic carbocycles. The zero-order valence-corrected chi connectivity index (χ0v) is 14.4. The van der Waals surface area contributed by atoms with Crippen LogP contribution in [-0.4, -0.2) is 10.7 Å². The molecule has 2 rings (SSSR count). The third-order valence-electron chi connectivity index (χ3n) is 2.65. The lowest BCUT2D eigenvalue weighted by Gasteiger charge is -2.14. The Hall–Kier alpha value is -0.940. The van der Waals surface area contributed by atoms with Crippen LogP contribution in [0.4, 0.5) is 0 Å². The number of benzene rings is 2. The van der Waals surface area contributed by atoms with Gasteiger partial charge in [-0.05, 0) is 36.1 Å². The van der Waals surface area contributed by atoms with Crippen molar-refractivity contribution in [2.75, 3.05) is 5.75 Å². The monoisotopic (exact) mass is 357 g/mol. The summed E-state index contributed by atoms with van der Waals surface area (Å²) in [6.45, 7) is 2.07. The van der Waals surface area contributed by atoms with Crippen molar-refractivity contribution in [2.45, 2.75) is 11.8 Å². The van der Waals surface area contributed by atoms with Crippen LogP contribution in [0.15, 0.2) is 41.3 Å². The van der Waals surface area contributed by atoms with E-state index in [0.29, 0.717) is 26.5 Å². The zero-order valence-electron chi connectivity index (χ0n) is 11.2. The first kappa shape index (κ1) is 16.4. The number of halogens is 2. The van der Waals surface area contributed by atoms with Crippen LogP contribution in [0.1, 0.15) is 12.5 Å². The molecule has 0 heterocycles. The standard InChI is InChI=1S/C15H13Cl2NOS2/c1-2-21-13-5-3-4-12(14(13)15(18)20)19-11-7-6-9(16)8-10(11)17/h3-8H,2H2,1H3,(H2,18,20). The molecule has 0 aliphatic rings. The van der Waals surface area contributed by atoms with Gasteiger partial charge in [0.05, 0.1) is 10.6 Å². The molecule has 0 bridgehead atoms. The summed E-state index contributed by atoms with van der Waals surface area (Å²) in [4.78, 5) is 1.29. The number of hydrogen-bond acceptors (Lipinski definition) is 3. The molecule has 0 unspecified atom stereocenters. The smallest absolute Gasteiger partial charge is 0.146 e. The lowest BCUT2D eigenvalue weighted by Crippen LogP contribution is -2.12. The Labute approximate surface area is 143 Å². The van der Waals surface area contributed by atoms with Gasteiger partial charge in [0.15, 0.2) is 0 Å². The predicted molar refractivity (Wildman–Crippen MR) is 95.3 cm³/mol. The molecule has 0 atom stereocenters. The fraction of sp³-hybridized carbons (Fsp3) is 0.133. The van der Waals surface area contributed by atoms with E-state index in [0.717, 1.165) is 16.2 Å². The van der Waals surface area contributed by atoms with E-state index in [1.165, 1.54) is 0 Å². The summed E-state index contributed by atoms with van der Waals surface area (Å²) < 4.78 is 5.87. The van der Waals surface area contributed by atoms with Gasteiger partial charge in [0.2, 0.25) is 0 Å². The number of thioether (sulfide) groups is 1. The van der Waals surface area contributed by atoms with Crippen LogP contribution in [0, 0.1) is 0 Å². The Kier molecular flexibility index (Phi) is 5.76. The van der Waals surface area contributed by atoms with Crippen molar-refractivity contribution in [3.8, 4) is 11.5 Å². The fourth-order valence-corrected chi connectivity index (χ4v) is 3.35. The highest BCUT2D eigenvalue weighted by molar-refractivity contribution is 7.99. The molecule has 6 heteroatoms. The third-order valence-corrected chi connectivity index (χ3v) is 4.32. The lowest BCUT2D eigenvalue weighted by molar-refractivity contribution is 0.480. The number of thiocarbonyl (C=S) groups is 1. The molecule has 2 N–H and O–H groups in total. The quantitative estimate of drug-likeness (QED) is 0.563. The van der Waals surface area contributed by atoms with Crippen LogP contribution in [0.2, 0.25) is 10.0 Å². The molecule has 0 aromatic heterocycles. The summed E-state index contributed by atoms with van der Waals surface area (Å²) in [7, 11) is 0. The summed E-state index contributed by atoms with van der Waals surface area (Å²) in [5, 5.41) is 0.988. The summed E-state index contributed by atoms with van der Waals surface area (Å²) in [5.41, 5.74) is 6.57. The average molecular weight is 358 g/mol. The Bertz CT molecular complexity index is 677. The van der Waals surface area contributed by atoms with Crippen LogP contribution in [0.25, 0.3) is 0 Å². The second-order valence-electron chi connectivity index (χ2n) is 4.10. The van der Waals surface area contributed by atoms with Gasteiger partial charge >= 0.3 is 0 Å². The molecule has 0 amide bonds. The van der Waals surface area contributed by atoms with E-state index >= 15 is 0 Å². The molecular formula is C15H13Cl2NOS2. The molecule has 0 fully saturated rings. The van der Waals surface area contributed by atoms with E-state index in [4.69, 9.17) is 45.9 Å². The maximum Gasteiger partial charge on any atom is 0.146 e. The first-order valence-corrected chi connectivity index (χ1v) is 8.36. The van der Waals surface area contributed by atoms with E-state index in [2.05, 4.69) is 6.92 Å². The summed E-state index contributed by atoms with van der Waals surface area (Å²) in [5.74, 6) is 2.02. The van der Waals surface area contributed by atoms with Crippen LogP contribution in [0.5, 0.6) is 11.5 Å². The molecule has 0 aliphatic heterocycles. The van der Waals surface area contributed by atoms with Crippen LogP contribution in [-0.2, 0) is 0 Å². The molecule has 21 heavy (non-hydrogen) atoms. The Balaban J connectivity index is 2.43. The number of ether oxygens (including phenoxy) is 1. The highest BCUT2D eigenvalue weighted by Crippen LogP contribution is 2.36. The van der Waals surface area contributed by atoms with Gasteiger partial charge < -0.3 is 10.5 Å². The summed E-state index contributed by atoms with van der Waals surface area (Å²) in [6, 6.07) is 10.8. The highest BCUT2D eigenvalue weighted by atomic mass is 35.5. The summed E-state index contributed by atoms with van der Waals surface area (Å²) >= 11 is 18.8. The van der Waals surface area contributed by atoms with Gasteiger partial charge in [-0.2, -0.15) is 0 Å². The maximum atomic E-state index is 6.13. The minimum atomic E-state index is 0.298. The number of nitrogens with two attached hydrogens (primary N) is 1. The molecule has 0 saturated carbocycles. The van der Waals surface area contributed by atoms with Crippen molar-refractivity contribution in [3.63, 3.8) is 0 Å². The minimum Gasteiger partial charge on any atom is -0.455 e. The second kappa shape index (κ2) is 7.36. The van der Waals surface area contributed by atoms with Gasteiger partial charge in [0, 0.05) is 9.92 Å². The molecule has 110 valence electrons. The van der Waals surface area contributed by atoms with E-state index in [1.807, 2.05) is 18.2 Å². The summed E-state index contributed by atoms with van der Waals surface area (Å²) in [6.07, 6.45) is 0. The topological polar surface area (TPSA) is 35.2 Å². The van der Waals surface area contributed by atoms with Gasteiger partial charge in [-0.25, -0.2) is 0 Å². The molecule has 2 aromatic carbocycles. The van der Waals surface area contributed by atoms with Gasteiger partial charge in [-0.1, -0.05) is 48.4 Å². The molecule has 2 aromatic rings. The Morgan fingerprint density at radius 3 is 2.62 bits per heavy atom. The number of hydrogen-bond donors (Lipinski definition) is 1. The normalized spacial score (nSPS) is 10.4. The number of rotatable bonds is 5. The predicted octanol–water partition coefficient (Wildman–Crippen LogP) is 5.53. The van der Waals surface area contributed by atoms with Gasteiger partial charge in [0.25, 0.3) is 0 Å². The van der Waals surface area contributed by atoms with Gasteiger partial charge in [0.1, 0.15) is 16.5 Å². The Morgan fingerprint density at radius 2 is 2.00 bits per heavy atom. The SMILES string of the molecule is CCSc1cccc(Oc2ccc(Cl)cc2Cl)c1C(N)=S. The second-order valence-corrected chi connectivity index (χ2v) is 6.69. The van der Waals surface area contributed by atoms with Crippen LogP contribution < -0.4 is 10.5 Å². The zero-order chi connectivity index (χ0) is 15.4. The average Bonchev–Trinajstić information content (AvgIpc) is 2.42. The van der Waals surface area contributed by atoms with Crippen molar-refractivity contribution >= 4 is 52.2 Å². The molecule has 0 spiro atoms. The van der Waals surface area contributed by atoms with Crippen molar-refractivity contribution in [3.05, 3.63) is 52.0 Å². The van der Waals surface area contributed by atoms with Crippen molar-refractivity contribution in [1.82, 2.24) is 0 Å². The highest BCUT2D eigenvalue weighted by Gasteiger charge is 2.14. The van der Waals surface area contributed by atoms with Crippen LogP contribution in [0.3, 0.4) is 0 Å². The van der Waals surface area contributed by atoms with E-state index in [9.17, 15) is 0 Å². The maximum absolute atomic E-state index is 6.13. The lowest BCUT2D eigenvalue weighted by atomic mass is 10.2. The molecule has 0 saturated heterocycles. The van der Waals surface area contributed by atoms with Gasteiger partial charge in [-0.15, -0.1) is 11.8 Å². The van der Waals surface area contributed by atoms with Crippen molar-refractivity contribution in [2.24, 2.45) is 5.73 Å².